The van der Waals surface area contributed by atoms with Crippen LogP contribution in [0.15, 0.2) is 48.5 Å². The molecule has 5 rings (SSSR count). The van der Waals surface area contributed by atoms with Gasteiger partial charge in [-0.3, -0.25) is 19.2 Å². The smallest absolute Gasteiger partial charge is 0.260 e. The van der Waals surface area contributed by atoms with Crippen molar-refractivity contribution in [2.45, 2.75) is 58.2 Å². The fraction of sp³-hybridized carbons (Fsp3) is 0.462. The molecule has 0 aliphatic carbocycles. The van der Waals surface area contributed by atoms with Crippen LogP contribution in [0.4, 0.5) is 0 Å². The topological polar surface area (TPSA) is 129 Å². The number of likely N-dealkylation sites (tertiary alicyclic amines) is 1. The molecule has 5 heterocycles. The minimum absolute atomic E-state index is 0.0138. The van der Waals surface area contributed by atoms with Gasteiger partial charge in [-0.1, -0.05) is 0 Å². The van der Waals surface area contributed by atoms with Gasteiger partial charge in [0.1, 0.15) is 4.83 Å². The number of aliphatic hydroxyl groups excluding tert-OH is 1. The maximum atomic E-state index is 13.2. The third-order valence-electron chi connectivity index (χ3n) is 7.18. The summed E-state index contributed by atoms with van der Waals surface area (Å²) < 4.78 is 3.36. The van der Waals surface area contributed by atoms with Gasteiger partial charge < -0.3 is 21.1 Å². The second-order valence-corrected chi connectivity index (χ2v) is 11.4. The Balaban J connectivity index is 1.23. The minimum atomic E-state index is -0.270. The number of aromatic nitrogens is 4. The Hall–Kier alpha value is -3.48. The second-order valence-electron chi connectivity index (χ2n) is 10.4. The van der Waals surface area contributed by atoms with Gasteiger partial charge in [0.25, 0.3) is 5.91 Å². The Labute approximate surface area is 225 Å². The van der Waals surface area contributed by atoms with E-state index in [1.807, 2.05) is 19.3 Å². The van der Waals surface area contributed by atoms with Crippen molar-refractivity contribution >= 4 is 28.0 Å². The Morgan fingerprint density at radius 2 is 2.05 bits per heavy atom. The molecule has 2 amide bonds. The van der Waals surface area contributed by atoms with E-state index in [1.54, 1.807) is 33.9 Å². The first-order valence-corrected chi connectivity index (χ1v) is 13.7. The van der Waals surface area contributed by atoms with E-state index in [2.05, 4.69) is 44.9 Å². The average Bonchev–Trinajstić information content (AvgIpc) is 3.64. The quantitative estimate of drug-likeness (QED) is 0.328. The summed E-state index contributed by atoms with van der Waals surface area (Å²) in [5, 5.41) is 26.9. The number of hydrogen-bond acceptors (Lipinski definition) is 8. The number of rotatable bonds is 9. The molecule has 1 atom stereocenters. The van der Waals surface area contributed by atoms with Crippen LogP contribution in [0.2, 0.25) is 0 Å². The van der Waals surface area contributed by atoms with Gasteiger partial charge in [0.2, 0.25) is 5.91 Å². The van der Waals surface area contributed by atoms with Crippen molar-refractivity contribution in [3.63, 3.8) is 0 Å². The van der Waals surface area contributed by atoms with Crippen LogP contribution < -0.4 is 16.0 Å². The van der Waals surface area contributed by atoms with Gasteiger partial charge in [-0.15, -0.1) is 11.3 Å². The number of hydrogen-bond donors (Lipinski definition) is 4. The molecule has 0 bridgehead atoms. The number of nitrogens with one attached hydrogen (secondary N) is 3. The number of thiazole rings is 1. The maximum absolute atomic E-state index is 13.2. The molecule has 202 valence electrons. The van der Waals surface area contributed by atoms with Crippen LogP contribution >= 0.6 is 11.3 Å². The SMILES string of the molecule is CC1NC=C(NC(=O)CCN2CCCC2(C)C)C=C1NC(=O)c1cnn2cc(-c3cnn(CCO)c3)sc12. The maximum Gasteiger partial charge on any atom is 0.260 e. The highest BCUT2D eigenvalue weighted by atomic mass is 32.1. The molecule has 0 radical (unpaired) electrons. The van der Waals surface area contributed by atoms with Crippen LogP contribution in [0.1, 0.15) is 50.4 Å². The normalized spacial score (nSPS) is 19.2. The highest BCUT2D eigenvalue weighted by Gasteiger charge is 2.31. The van der Waals surface area contributed by atoms with Crippen LogP contribution in [0, 0.1) is 0 Å². The van der Waals surface area contributed by atoms with Gasteiger partial charge in [0.15, 0.2) is 0 Å². The fourth-order valence-electron chi connectivity index (χ4n) is 4.88. The molecule has 1 saturated heterocycles. The summed E-state index contributed by atoms with van der Waals surface area (Å²) in [7, 11) is 0. The Bertz CT molecular complexity index is 1400. The van der Waals surface area contributed by atoms with Crippen molar-refractivity contribution in [2.75, 3.05) is 19.7 Å². The number of dihydropyridines is 1. The van der Waals surface area contributed by atoms with Crippen molar-refractivity contribution in [1.82, 2.24) is 40.2 Å². The molecule has 0 saturated carbocycles. The molecule has 1 fully saturated rings. The molecular formula is C26H34N8O3S. The zero-order chi connectivity index (χ0) is 26.9. The molecule has 1 unspecified atom stereocenters. The standard InChI is InChI=1S/C26H34N8O3S/c1-17-21(11-19(13-27-17)30-23(36)5-8-32-7-4-6-26(32,2)3)31-24(37)20-14-29-34-16-22(38-25(20)34)18-12-28-33(15-18)9-10-35/h11-17,27,35H,4-10H2,1-3H3,(H,30,36)(H,31,37). The van der Waals surface area contributed by atoms with Crippen LogP contribution in [0.25, 0.3) is 15.3 Å². The monoisotopic (exact) mass is 538 g/mol. The molecule has 2 aliphatic heterocycles. The molecule has 3 aromatic heterocycles. The van der Waals surface area contributed by atoms with E-state index in [4.69, 9.17) is 5.11 Å². The number of allylic oxidation sites excluding steroid dienone is 1. The first kappa shape index (κ1) is 26.1. The molecule has 38 heavy (non-hydrogen) atoms. The van der Waals surface area contributed by atoms with Gasteiger partial charge in [-0.05, 0) is 46.2 Å². The van der Waals surface area contributed by atoms with Crippen molar-refractivity contribution in [3.8, 4) is 10.4 Å². The van der Waals surface area contributed by atoms with E-state index >= 15 is 0 Å². The van der Waals surface area contributed by atoms with E-state index in [1.165, 1.54) is 17.8 Å². The van der Waals surface area contributed by atoms with Crippen molar-refractivity contribution < 1.29 is 14.7 Å². The zero-order valence-corrected chi connectivity index (χ0v) is 22.7. The molecule has 11 nitrogen and oxygen atoms in total. The largest absolute Gasteiger partial charge is 0.394 e. The lowest BCUT2D eigenvalue weighted by Gasteiger charge is -2.31. The lowest BCUT2D eigenvalue weighted by atomic mass is 10.0. The molecular weight excluding hydrogens is 504 g/mol. The highest BCUT2D eigenvalue weighted by molar-refractivity contribution is 7.21. The molecule has 0 spiro atoms. The second kappa shape index (κ2) is 10.7. The summed E-state index contributed by atoms with van der Waals surface area (Å²) >= 11 is 1.45. The third kappa shape index (κ3) is 5.52. The Morgan fingerprint density at radius 3 is 2.82 bits per heavy atom. The first-order valence-electron chi connectivity index (χ1n) is 12.9. The zero-order valence-electron chi connectivity index (χ0n) is 21.9. The van der Waals surface area contributed by atoms with Crippen LogP contribution in [-0.4, -0.2) is 72.5 Å². The van der Waals surface area contributed by atoms with Crippen LogP contribution in [0.3, 0.4) is 0 Å². The lowest BCUT2D eigenvalue weighted by molar-refractivity contribution is -0.120. The Morgan fingerprint density at radius 1 is 1.21 bits per heavy atom. The molecule has 3 aromatic rings. The number of carbonyl (C=O) groups excluding carboxylic acids is 2. The van der Waals surface area contributed by atoms with E-state index in [0.29, 0.717) is 29.9 Å². The summed E-state index contributed by atoms with van der Waals surface area (Å²) in [4.78, 5) is 29.9. The van der Waals surface area contributed by atoms with E-state index in [9.17, 15) is 9.59 Å². The Kier molecular flexibility index (Phi) is 7.37. The van der Waals surface area contributed by atoms with Crippen molar-refractivity contribution in [3.05, 3.63) is 54.0 Å². The van der Waals surface area contributed by atoms with E-state index in [-0.39, 0.29) is 30.0 Å². The number of nitrogens with zero attached hydrogens (tertiary/aromatic N) is 5. The minimum Gasteiger partial charge on any atom is -0.394 e. The van der Waals surface area contributed by atoms with Gasteiger partial charge in [0.05, 0.1) is 47.7 Å². The molecule has 2 aliphatic rings. The van der Waals surface area contributed by atoms with Gasteiger partial charge in [-0.25, -0.2) is 4.52 Å². The molecule has 0 aromatic carbocycles. The van der Waals surface area contributed by atoms with Gasteiger partial charge in [-0.2, -0.15) is 10.2 Å². The lowest BCUT2D eigenvalue weighted by Crippen LogP contribution is -2.41. The summed E-state index contributed by atoms with van der Waals surface area (Å²) in [6.07, 6.45) is 13.3. The van der Waals surface area contributed by atoms with Gasteiger partial charge in [0, 0.05) is 48.4 Å². The van der Waals surface area contributed by atoms with E-state index in [0.717, 1.165) is 34.8 Å². The highest BCUT2D eigenvalue weighted by Crippen LogP contribution is 2.30. The third-order valence-corrected chi connectivity index (χ3v) is 8.34. The van der Waals surface area contributed by atoms with Crippen LogP contribution in [-0.2, 0) is 11.3 Å². The van der Waals surface area contributed by atoms with Crippen molar-refractivity contribution in [2.24, 2.45) is 0 Å². The van der Waals surface area contributed by atoms with Crippen molar-refractivity contribution in [1.29, 1.82) is 0 Å². The number of fused-ring (bicyclic) bond motifs is 1. The molecule has 12 heteroatoms. The van der Waals surface area contributed by atoms with E-state index < -0.39 is 0 Å². The number of carbonyl (C=O) groups is 2. The summed E-state index contributed by atoms with van der Waals surface area (Å²) in [5.74, 6) is -0.322. The number of amides is 2. The predicted molar refractivity (Wildman–Crippen MR) is 145 cm³/mol. The molecule has 4 N–H and O–H groups in total. The van der Waals surface area contributed by atoms with Crippen LogP contribution in [0.5, 0.6) is 0 Å². The average molecular weight is 539 g/mol. The summed E-state index contributed by atoms with van der Waals surface area (Å²) in [6.45, 7) is 8.58. The summed E-state index contributed by atoms with van der Waals surface area (Å²) in [6, 6.07) is -0.132. The predicted octanol–water partition coefficient (Wildman–Crippen LogP) is 2.08. The first-order chi connectivity index (χ1) is 18.2. The number of aliphatic hydroxyl groups is 1. The summed E-state index contributed by atoms with van der Waals surface area (Å²) in [5.41, 5.74) is 2.78. The fourth-order valence-corrected chi connectivity index (χ4v) is 5.92. The van der Waals surface area contributed by atoms with Gasteiger partial charge >= 0.3 is 0 Å².